The number of carbonyl (C=O) groups excluding carboxylic acids is 2. The third kappa shape index (κ3) is 12.0. The van der Waals surface area contributed by atoms with E-state index in [2.05, 4.69) is 68.1 Å². The summed E-state index contributed by atoms with van der Waals surface area (Å²) < 4.78 is 55.6. The Balaban J connectivity index is 0.706. The number of nitrogens with one attached hydrogen (secondary N) is 2. The van der Waals surface area contributed by atoms with Crippen molar-refractivity contribution in [1.29, 1.82) is 0 Å². The Labute approximate surface area is 393 Å². The normalized spacial score (nSPS) is 18.8. The zero-order chi connectivity index (χ0) is 47.0. The zero-order valence-corrected chi connectivity index (χ0v) is 39.3. The summed E-state index contributed by atoms with van der Waals surface area (Å²) in [6, 6.07) is 30.8. The SMILES string of the molecule is O=C(NO)C1=CCN(S(=O)(=O)c2ccc(-c3ccc(CN4CCN(CCCN5CCN(Cc6ccc(-c7ccc(S(=O)(=O)N8CC=C(C(=O)NO)CC8)cc7)cc6)CC5)CC4)cc3)cc2)CC1. The van der Waals surface area contributed by atoms with Crippen molar-refractivity contribution in [3.05, 3.63) is 131 Å². The van der Waals surface area contributed by atoms with E-state index in [4.69, 9.17) is 10.4 Å². The van der Waals surface area contributed by atoms with Crippen molar-refractivity contribution in [3.63, 3.8) is 0 Å². The van der Waals surface area contributed by atoms with Crippen molar-refractivity contribution >= 4 is 31.9 Å². The second-order valence-electron chi connectivity index (χ2n) is 17.6. The van der Waals surface area contributed by atoms with Crippen LogP contribution in [0.2, 0.25) is 0 Å². The molecule has 4 aromatic rings. The van der Waals surface area contributed by atoms with E-state index in [9.17, 15) is 26.4 Å². The third-order valence-electron chi connectivity index (χ3n) is 13.4. The average Bonchev–Trinajstić information content (AvgIpc) is 3.37. The van der Waals surface area contributed by atoms with Gasteiger partial charge in [0.05, 0.1) is 9.79 Å². The van der Waals surface area contributed by atoms with Gasteiger partial charge in [0.2, 0.25) is 20.0 Å². The van der Waals surface area contributed by atoms with Crippen molar-refractivity contribution in [3.8, 4) is 22.3 Å². The van der Waals surface area contributed by atoms with Crippen LogP contribution in [0.3, 0.4) is 0 Å². The van der Waals surface area contributed by atoms with Crippen LogP contribution in [0, 0.1) is 0 Å². The molecule has 16 nitrogen and oxygen atoms in total. The molecule has 4 heterocycles. The van der Waals surface area contributed by atoms with Crippen LogP contribution in [0.4, 0.5) is 0 Å². The van der Waals surface area contributed by atoms with Gasteiger partial charge in [-0.3, -0.25) is 29.8 Å². The molecule has 0 spiro atoms. The summed E-state index contributed by atoms with van der Waals surface area (Å²) >= 11 is 0. The smallest absolute Gasteiger partial charge is 0.270 e. The van der Waals surface area contributed by atoms with Crippen LogP contribution >= 0.6 is 0 Å². The number of hydrogen-bond acceptors (Lipinski definition) is 12. The molecule has 0 aliphatic carbocycles. The van der Waals surface area contributed by atoms with E-state index < -0.39 is 31.9 Å². The first-order valence-electron chi connectivity index (χ1n) is 22.9. The van der Waals surface area contributed by atoms with Crippen LogP contribution in [0.15, 0.2) is 130 Å². The molecular weight excluding hydrogens is 893 g/mol. The lowest BCUT2D eigenvalue weighted by Crippen LogP contribution is -2.48. The minimum atomic E-state index is -3.72. The molecule has 2 fully saturated rings. The summed E-state index contributed by atoms with van der Waals surface area (Å²) in [5.41, 5.74) is 10.4. The van der Waals surface area contributed by atoms with E-state index in [1.807, 2.05) is 24.3 Å². The standard InChI is InChI=1S/C49H60N8O8S2/c58-48(50-60)44-18-24-56(25-19-44)66(62,63)46-14-10-42(11-15-46)40-6-2-38(3-7-40)36-54-32-28-52(29-33-54)22-1-23-53-30-34-55(35-31-53)37-39-4-8-41(9-5-39)43-12-16-47(17-13-43)67(64,65)57-26-20-45(21-27-57)49(59)51-61/h2-18,20,60-61H,1,19,21-37H2,(H,50,58)(H,51,59). The van der Waals surface area contributed by atoms with Gasteiger partial charge in [0, 0.05) is 103 Å². The van der Waals surface area contributed by atoms with Crippen LogP contribution in [0.25, 0.3) is 22.3 Å². The molecule has 4 aliphatic rings. The summed E-state index contributed by atoms with van der Waals surface area (Å²) in [7, 11) is -7.43. The fourth-order valence-electron chi connectivity index (χ4n) is 9.21. The maximum Gasteiger partial charge on any atom is 0.270 e. The van der Waals surface area contributed by atoms with E-state index >= 15 is 0 Å². The molecule has 0 atom stereocenters. The van der Waals surface area contributed by atoms with Gasteiger partial charge in [-0.05, 0) is 90.0 Å². The number of hydroxylamine groups is 2. The van der Waals surface area contributed by atoms with Gasteiger partial charge < -0.3 is 9.80 Å². The number of piperazine rings is 2. The first-order valence-corrected chi connectivity index (χ1v) is 25.8. The third-order valence-corrected chi connectivity index (χ3v) is 17.1. The summed E-state index contributed by atoms with van der Waals surface area (Å²) in [6.07, 6.45) is 4.69. The molecule has 67 heavy (non-hydrogen) atoms. The number of nitrogens with zero attached hydrogens (tertiary/aromatic N) is 6. The van der Waals surface area contributed by atoms with Crippen molar-refractivity contribution < 1.29 is 36.8 Å². The van der Waals surface area contributed by atoms with Crippen LogP contribution < -0.4 is 11.0 Å². The monoisotopic (exact) mass is 952 g/mol. The molecule has 4 N–H and O–H groups in total. The molecule has 8 rings (SSSR count). The second-order valence-corrected chi connectivity index (χ2v) is 21.5. The van der Waals surface area contributed by atoms with Crippen molar-refractivity contribution in [2.45, 2.75) is 42.1 Å². The van der Waals surface area contributed by atoms with Crippen LogP contribution in [-0.4, -0.2) is 159 Å². The van der Waals surface area contributed by atoms with Crippen molar-refractivity contribution in [1.82, 2.24) is 39.2 Å². The lowest BCUT2D eigenvalue weighted by atomic mass is 10.0. The second kappa shape index (κ2) is 21.9. The van der Waals surface area contributed by atoms with Gasteiger partial charge in [-0.1, -0.05) is 84.9 Å². The highest BCUT2D eigenvalue weighted by atomic mass is 32.2. The average molecular weight is 953 g/mol. The van der Waals surface area contributed by atoms with Gasteiger partial charge in [0.15, 0.2) is 0 Å². The number of amides is 2. The molecule has 0 unspecified atom stereocenters. The minimum Gasteiger partial charge on any atom is -0.301 e. The van der Waals surface area contributed by atoms with E-state index in [1.165, 1.54) is 31.9 Å². The lowest BCUT2D eigenvalue weighted by molar-refractivity contribution is -0.126. The predicted molar refractivity (Wildman–Crippen MR) is 255 cm³/mol. The Morgan fingerprint density at radius 3 is 1.06 bits per heavy atom. The first kappa shape index (κ1) is 48.3. The number of carbonyl (C=O) groups is 2. The Bertz CT molecular complexity index is 2450. The zero-order valence-electron chi connectivity index (χ0n) is 37.7. The molecule has 4 aromatic carbocycles. The molecule has 0 radical (unpaired) electrons. The molecule has 0 aromatic heterocycles. The van der Waals surface area contributed by atoms with Crippen LogP contribution in [-0.2, 0) is 42.7 Å². The van der Waals surface area contributed by atoms with Gasteiger partial charge in [-0.25, -0.2) is 27.8 Å². The van der Waals surface area contributed by atoms with E-state index in [0.29, 0.717) is 11.1 Å². The molecule has 2 amide bonds. The van der Waals surface area contributed by atoms with Gasteiger partial charge >= 0.3 is 0 Å². The Kier molecular flexibility index (Phi) is 15.8. The molecular formula is C49H60N8O8S2. The predicted octanol–water partition coefficient (Wildman–Crippen LogP) is 4.00. The largest absolute Gasteiger partial charge is 0.301 e. The van der Waals surface area contributed by atoms with Gasteiger partial charge in [0.25, 0.3) is 11.8 Å². The highest BCUT2D eigenvalue weighted by molar-refractivity contribution is 7.89. The quantitative estimate of drug-likeness (QED) is 0.0937. The maximum absolute atomic E-state index is 13.2. The maximum atomic E-state index is 13.2. The summed E-state index contributed by atoms with van der Waals surface area (Å²) in [5.74, 6) is -1.21. The Morgan fingerprint density at radius 1 is 0.448 bits per heavy atom. The highest BCUT2D eigenvalue weighted by Gasteiger charge is 2.29. The fourth-order valence-corrected chi connectivity index (χ4v) is 12.0. The number of sulfonamides is 2. The topological polar surface area (TPSA) is 186 Å². The number of benzene rings is 4. The molecule has 0 saturated carbocycles. The van der Waals surface area contributed by atoms with Gasteiger partial charge in [-0.15, -0.1) is 0 Å². The van der Waals surface area contributed by atoms with E-state index in [-0.39, 0.29) is 48.8 Å². The number of hydrogen-bond donors (Lipinski definition) is 4. The van der Waals surface area contributed by atoms with Crippen molar-refractivity contribution in [2.24, 2.45) is 0 Å². The molecule has 2 saturated heterocycles. The lowest BCUT2D eigenvalue weighted by Gasteiger charge is -2.37. The van der Waals surface area contributed by atoms with E-state index in [0.717, 1.165) is 107 Å². The molecule has 18 heteroatoms. The summed E-state index contributed by atoms with van der Waals surface area (Å²) in [6.45, 7) is 12.9. The van der Waals surface area contributed by atoms with Crippen molar-refractivity contribution in [2.75, 3.05) is 91.6 Å². The van der Waals surface area contributed by atoms with Crippen LogP contribution in [0.1, 0.15) is 30.4 Å². The van der Waals surface area contributed by atoms with E-state index in [1.54, 1.807) is 35.2 Å². The fraction of sp³-hybridized carbons (Fsp3) is 0.388. The molecule has 0 bridgehead atoms. The molecule has 356 valence electrons. The highest BCUT2D eigenvalue weighted by Crippen LogP contribution is 2.28. The van der Waals surface area contributed by atoms with Crippen LogP contribution in [0.5, 0.6) is 0 Å². The summed E-state index contributed by atoms with van der Waals surface area (Å²) in [5, 5.41) is 17.7. The number of rotatable bonds is 16. The Hall–Kier alpha value is -5.12. The first-order chi connectivity index (χ1) is 32.4. The molecule has 4 aliphatic heterocycles. The van der Waals surface area contributed by atoms with Gasteiger partial charge in [-0.2, -0.15) is 8.61 Å². The van der Waals surface area contributed by atoms with Gasteiger partial charge in [0.1, 0.15) is 0 Å². The summed E-state index contributed by atoms with van der Waals surface area (Å²) in [4.78, 5) is 33.9. The Morgan fingerprint density at radius 2 is 0.761 bits per heavy atom. The minimum absolute atomic E-state index is 0.0754.